The molecule has 0 aromatic rings. The highest BCUT2D eigenvalue weighted by Gasteiger charge is 2.52. The molecule has 0 spiro atoms. The van der Waals surface area contributed by atoms with E-state index in [2.05, 4.69) is 0 Å². The second-order valence-electron chi connectivity index (χ2n) is 4.57. The van der Waals surface area contributed by atoms with E-state index in [-0.39, 0.29) is 16.9 Å². The number of carbonyl (C=O) groups is 1. The van der Waals surface area contributed by atoms with Crippen LogP contribution in [0.2, 0.25) is 0 Å². The van der Waals surface area contributed by atoms with E-state index in [1.165, 1.54) is 0 Å². The third kappa shape index (κ3) is 1.12. The molecule has 3 N–H and O–H groups in total. The molecular weight excluding hydrogens is 154 g/mol. The Bertz CT molecular complexity index is 209. The van der Waals surface area contributed by atoms with Gasteiger partial charge in [-0.15, -0.1) is 0 Å². The standard InChI is InChI=1S/C9H17NO2/c1-8(2)6(7(11)12)4-5-9(8,3)10/h6H,4-5,10H2,1-3H3,(H,11,12)/t6-,9+/m1/s1. The number of carboxylic acid groups (broad SMARTS) is 1. The summed E-state index contributed by atoms with van der Waals surface area (Å²) in [5.41, 5.74) is 5.39. The first kappa shape index (κ1) is 9.52. The minimum atomic E-state index is -0.714. The van der Waals surface area contributed by atoms with Crippen molar-refractivity contribution in [1.82, 2.24) is 0 Å². The van der Waals surface area contributed by atoms with Gasteiger partial charge in [0.1, 0.15) is 0 Å². The molecule has 0 aromatic carbocycles. The van der Waals surface area contributed by atoms with E-state index >= 15 is 0 Å². The van der Waals surface area contributed by atoms with Crippen molar-refractivity contribution < 1.29 is 9.90 Å². The molecule has 3 heteroatoms. The fraction of sp³-hybridized carbons (Fsp3) is 0.889. The van der Waals surface area contributed by atoms with Crippen molar-refractivity contribution in [1.29, 1.82) is 0 Å². The van der Waals surface area contributed by atoms with E-state index in [0.717, 1.165) is 6.42 Å². The van der Waals surface area contributed by atoms with Crippen molar-refractivity contribution in [3.05, 3.63) is 0 Å². The highest BCUT2D eigenvalue weighted by atomic mass is 16.4. The summed E-state index contributed by atoms with van der Waals surface area (Å²) in [5, 5.41) is 8.93. The molecule has 0 unspecified atom stereocenters. The van der Waals surface area contributed by atoms with Crippen LogP contribution >= 0.6 is 0 Å². The summed E-state index contributed by atoms with van der Waals surface area (Å²) < 4.78 is 0. The summed E-state index contributed by atoms with van der Waals surface area (Å²) in [6, 6.07) is 0. The molecule has 1 saturated carbocycles. The third-order valence-corrected chi connectivity index (χ3v) is 3.59. The minimum absolute atomic E-state index is 0.285. The van der Waals surface area contributed by atoms with Gasteiger partial charge in [-0.05, 0) is 25.2 Å². The molecule has 3 nitrogen and oxygen atoms in total. The van der Waals surface area contributed by atoms with Gasteiger partial charge in [0.15, 0.2) is 0 Å². The molecule has 2 atom stereocenters. The fourth-order valence-corrected chi connectivity index (χ4v) is 1.96. The van der Waals surface area contributed by atoms with E-state index in [1.54, 1.807) is 0 Å². The molecule has 0 heterocycles. The Morgan fingerprint density at radius 2 is 2.00 bits per heavy atom. The average Bonchev–Trinajstić information content (AvgIpc) is 2.03. The smallest absolute Gasteiger partial charge is 0.307 e. The molecular formula is C9H17NO2. The Hall–Kier alpha value is -0.570. The first-order chi connectivity index (χ1) is 5.29. The molecule has 1 fully saturated rings. The van der Waals surface area contributed by atoms with Gasteiger partial charge in [-0.25, -0.2) is 0 Å². The van der Waals surface area contributed by atoms with Crippen LogP contribution in [-0.4, -0.2) is 16.6 Å². The van der Waals surface area contributed by atoms with Crippen LogP contribution in [0.25, 0.3) is 0 Å². The summed E-state index contributed by atoms with van der Waals surface area (Å²) >= 11 is 0. The monoisotopic (exact) mass is 171 g/mol. The van der Waals surface area contributed by atoms with Crippen LogP contribution in [0.15, 0.2) is 0 Å². The average molecular weight is 171 g/mol. The summed E-state index contributed by atoms with van der Waals surface area (Å²) in [6.45, 7) is 5.83. The lowest BCUT2D eigenvalue weighted by atomic mass is 9.72. The van der Waals surface area contributed by atoms with Gasteiger partial charge < -0.3 is 10.8 Å². The van der Waals surface area contributed by atoms with E-state index in [1.807, 2.05) is 20.8 Å². The van der Waals surface area contributed by atoms with E-state index < -0.39 is 5.97 Å². The number of aliphatic carboxylic acids is 1. The quantitative estimate of drug-likeness (QED) is 0.623. The van der Waals surface area contributed by atoms with Crippen molar-refractivity contribution in [3.8, 4) is 0 Å². The summed E-state index contributed by atoms with van der Waals surface area (Å²) in [5.74, 6) is -0.998. The first-order valence-corrected chi connectivity index (χ1v) is 4.31. The van der Waals surface area contributed by atoms with Crippen LogP contribution in [0, 0.1) is 11.3 Å². The van der Waals surface area contributed by atoms with E-state index in [0.29, 0.717) is 6.42 Å². The molecule has 1 rings (SSSR count). The minimum Gasteiger partial charge on any atom is -0.481 e. The lowest BCUT2D eigenvalue weighted by Gasteiger charge is -2.37. The number of hydrogen-bond acceptors (Lipinski definition) is 2. The van der Waals surface area contributed by atoms with Crippen molar-refractivity contribution in [3.63, 3.8) is 0 Å². The van der Waals surface area contributed by atoms with Crippen molar-refractivity contribution >= 4 is 5.97 Å². The number of carboxylic acids is 1. The van der Waals surface area contributed by atoms with Crippen LogP contribution in [-0.2, 0) is 4.79 Å². The predicted molar refractivity (Wildman–Crippen MR) is 46.7 cm³/mol. The maximum absolute atomic E-state index is 10.8. The second-order valence-corrected chi connectivity index (χ2v) is 4.57. The molecule has 0 aliphatic heterocycles. The Morgan fingerprint density at radius 1 is 1.50 bits per heavy atom. The van der Waals surface area contributed by atoms with Gasteiger partial charge in [-0.2, -0.15) is 0 Å². The first-order valence-electron chi connectivity index (χ1n) is 4.31. The van der Waals surface area contributed by atoms with Crippen LogP contribution in [0.5, 0.6) is 0 Å². The topological polar surface area (TPSA) is 63.3 Å². The molecule has 70 valence electrons. The van der Waals surface area contributed by atoms with E-state index in [4.69, 9.17) is 10.8 Å². The molecule has 0 radical (unpaired) electrons. The second kappa shape index (κ2) is 2.46. The Balaban J connectivity index is 2.93. The van der Waals surface area contributed by atoms with Crippen molar-refractivity contribution in [2.75, 3.05) is 0 Å². The third-order valence-electron chi connectivity index (χ3n) is 3.59. The molecule has 0 bridgehead atoms. The van der Waals surface area contributed by atoms with Gasteiger partial charge in [0.25, 0.3) is 0 Å². The Kier molecular flexibility index (Phi) is 1.95. The highest BCUT2D eigenvalue weighted by Crippen LogP contribution is 2.48. The Morgan fingerprint density at radius 3 is 2.17 bits per heavy atom. The van der Waals surface area contributed by atoms with Crippen LogP contribution in [0.3, 0.4) is 0 Å². The van der Waals surface area contributed by atoms with Crippen molar-refractivity contribution in [2.45, 2.75) is 39.2 Å². The summed E-state index contributed by atoms with van der Waals surface area (Å²) in [4.78, 5) is 10.8. The van der Waals surface area contributed by atoms with Crippen LogP contribution < -0.4 is 5.73 Å². The normalized spacial score (nSPS) is 39.8. The molecule has 12 heavy (non-hydrogen) atoms. The zero-order valence-corrected chi connectivity index (χ0v) is 7.92. The summed E-state index contributed by atoms with van der Waals surface area (Å²) in [6.07, 6.45) is 1.51. The van der Waals surface area contributed by atoms with Gasteiger partial charge in [0.2, 0.25) is 0 Å². The molecule has 0 saturated heterocycles. The predicted octanol–water partition coefficient (Wildman–Crippen LogP) is 1.22. The fourth-order valence-electron chi connectivity index (χ4n) is 1.96. The van der Waals surface area contributed by atoms with Gasteiger partial charge in [-0.3, -0.25) is 4.79 Å². The zero-order valence-electron chi connectivity index (χ0n) is 7.92. The molecule has 1 aliphatic rings. The van der Waals surface area contributed by atoms with Crippen LogP contribution in [0.4, 0.5) is 0 Å². The lowest BCUT2D eigenvalue weighted by Crippen LogP contribution is -2.49. The van der Waals surface area contributed by atoms with Crippen LogP contribution in [0.1, 0.15) is 33.6 Å². The maximum Gasteiger partial charge on any atom is 0.307 e. The zero-order chi connectivity index (χ0) is 9.57. The van der Waals surface area contributed by atoms with Gasteiger partial charge >= 0.3 is 5.97 Å². The largest absolute Gasteiger partial charge is 0.481 e. The van der Waals surface area contributed by atoms with Crippen molar-refractivity contribution in [2.24, 2.45) is 17.1 Å². The maximum atomic E-state index is 10.8. The lowest BCUT2D eigenvalue weighted by molar-refractivity contribution is -0.145. The Labute approximate surface area is 72.9 Å². The molecule has 1 aliphatic carbocycles. The van der Waals surface area contributed by atoms with Gasteiger partial charge in [-0.1, -0.05) is 13.8 Å². The van der Waals surface area contributed by atoms with E-state index in [9.17, 15) is 4.79 Å². The number of rotatable bonds is 1. The number of hydrogen-bond donors (Lipinski definition) is 2. The van der Waals surface area contributed by atoms with Gasteiger partial charge in [0, 0.05) is 5.54 Å². The van der Waals surface area contributed by atoms with Gasteiger partial charge in [0.05, 0.1) is 5.92 Å². The highest BCUT2D eigenvalue weighted by molar-refractivity contribution is 5.72. The molecule has 0 aromatic heterocycles. The number of nitrogens with two attached hydrogens (primary N) is 1. The summed E-state index contributed by atoms with van der Waals surface area (Å²) in [7, 11) is 0. The molecule has 0 amide bonds. The SMILES string of the molecule is CC1(C)[C@@H](C(=O)O)CC[C@]1(C)N.